The summed E-state index contributed by atoms with van der Waals surface area (Å²) in [5.41, 5.74) is 2.13. The van der Waals surface area contributed by atoms with Crippen molar-refractivity contribution in [3.63, 3.8) is 0 Å². The highest BCUT2D eigenvalue weighted by molar-refractivity contribution is 14.1. The molecule has 0 radical (unpaired) electrons. The van der Waals surface area contributed by atoms with Crippen LogP contribution in [0.4, 0.5) is 5.69 Å². The molecule has 0 aliphatic rings. The van der Waals surface area contributed by atoms with E-state index in [9.17, 15) is 4.79 Å². The zero-order chi connectivity index (χ0) is 21.7. The van der Waals surface area contributed by atoms with Crippen LogP contribution in [-0.4, -0.2) is 35.1 Å². The van der Waals surface area contributed by atoms with Gasteiger partial charge in [-0.15, -0.1) is 0 Å². The van der Waals surface area contributed by atoms with E-state index in [1.54, 1.807) is 30.5 Å². The first kappa shape index (κ1) is 22.4. The molecule has 30 heavy (non-hydrogen) atoms. The van der Waals surface area contributed by atoms with Crippen molar-refractivity contribution in [3.8, 4) is 11.6 Å². The minimum atomic E-state index is -1.11. The van der Waals surface area contributed by atoms with Gasteiger partial charge in [0.05, 0.1) is 9.77 Å². The molecule has 2 aromatic heterocycles. The van der Waals surface area contributed by atoms with Crippen molar-refractivity contribution < 1.29 is 14.3 Å². The van der Waals surface area contributed by atoms with Gasteiger partial charge in [-0.3, -0.25) is 4.79 Å². The normalized spacial score (nSPS) is 11.5. The van der Waals surface area contributed by atoms with Crippen molar-refractivity contribution >= 4 is 53.4 Å². The van der Waals surface area contributed by atoms with Crippen molar-refractivity contribution in [1.29, 1.82) is 0 Å². The second-order valence-electron chi connectivity index (χ2n) is 8.00. The number of hydrogen-bond donors (Lipinski definition) is 1. The fourth-order valence-corrected chi connectivity index (χ4v) is 4.09. The summed E-state index contributed by atoms with van der Waals surface area (Å²) in [5.74, 6) is 0.649. The lowest BCUT2D eigenvalue weighted by atomic mass is 10.3. The molecule has 1 amide bonds. The monoisotopic (exact) mass is 536 g/mol. The summed E-state index contributed by atoms with van der Waals surface area (Å²) in [4.78, 5) is 20.6. The van der Waals surface area contributed by atoms with E-state index < -0.39 is 8.07 Å². The fourth-order valence-electron chi connectivity index (χ4n) is 2.64. The van der Waals surface area contributed by atoms with Crippen LogP contribution in [0.1, 0.15) is 0 Å². The first-order valence-electron chi connectivity index (χ1n) is 9.55. The molecular weight excluding hydrogens is 511 g/mol. The molecule has 2 heterocycles. The number of anilines is 1. The molecule has 158 valence electrons. The Balaban J connectivity index is 1.72. The lowest BCUT2D eigenvalue weighted by Crippen LogP contribution is -2.22. The van der Waals surface area contributed by atoms with E-state index >= 15 is 0 Å². The average molecular weight is 536 g/mol. The Bertz CT molecular complexity index is 1060. The number of aromatic nitrogens is 3. The number of benzene rings is 1. The molecule has 0 aliphatic heterocycles. The molecule has 0 fully saturated rings. The molecule has 0 saturated carbocycles. The van der Waals surface area contributed by atoms with Crippen LogP contribution in [0, 0.1) is 3.57 Å². The standard InChI is InChI=1S/C21H25IN4O3Si/c1-5-18(27)24-15-7-6-8-16(11-15)29-19-12-23-21-20(25-19)17(22)13-26(21)14-28-9-10-30(2,3)4/h5-8,11-13H,1,9-10,14H2,2-4H3,(H,24,27). The van der Waals surface area contributed by atoms with Crippen LogP contribution in [0.25, 0.3) is 11.2 Å². The molecular formula is C21H25IN4O3Si. The van der Waals surface area contributed by atoms with Gasteiger partial charge in [0.15, 0.2) is 5.65 Å². The first-order chi connectivity index (χ1) is 14.2. The lowest BCUT2D eigenvalue weighted by Gasteiger charge is -2.15. The van der Waals surface area contributed by atoms with E-state index in [2.05, 4.69) is 64.1 Å². The van der Waals surface area contributed by atoms with E-state index in [-0.39, 0.29) is 5.91 Å². The predicted molar refractivity (Wildman–Crippen MR) is 130 cm³/mol. The third-order valence-corrected chi connectivity index (χ3v) is 6.73. The molecule has 0 bridgehead atoms. The third-order valence-electron chi connectivity index (χ3n) is 4.23. The number of nitrogens with zero attached hydrogens (tertiary/aromatic N) is 3. The molecule has 0 saturated heterocycles. The Morgan fingerprint density at radius 1 is 1.37 bits per heavy atom. The molecule has 0 atom stereocenters. The SMILES string of the molecule is C=CC(=O)Nc1cccc(Oc2cnc3c(n2)c(I)cn3COCC[Si](C)(C)C)c1. The van der Waals surface area contributed by atoms with Gasteiger partial charge in [0.1, 0.15) is 18.0 Å². The fraction of sp³-hybridized carbons (Fsp3) is 0.286. The van der Waals surface area contributed by atoms with Gasteiger partial charge in [-0.1, -0.05) is 32.3 Å². The number of rotatable bonds is 9. The van der Waals surface area contributed by atoms with Gasteiger partial charge in [-0.2, -0.15) is 0 Å². The molecule has 1 N–H and O–H groups in total. The summed E-state index contributed by atoms with van der Waals surface area (Å²) >= 11 is 2.24. The van der Waals surface area contributed by atoms with Crippen LogP contribution in [0.15, 0.2) is 49.3 Å². The van der Waals surface area contributed by atoms with Gasteiger partial charge < -0.3 is 19.4 Å². The highest BCUT2D eigenvalue weighted by Gasteiger charge is 2.14. The number of carbonyl (C=O) groups is 1. The summed E-state index contributed by atoms with van der Waals surface area (Å²) in [5, 5.41) is 2.70. The molecule has 0 aliphatic carbocycles. The molecule has 7 nitrogen and oxygen atoms in total. The van der Waals surface area contributed by atoms with Gasteiger partial charge in [-0.05, 0) is 46.8 Å². The highest BCUT2D eigenvalue weighted by atomic mass is 127. The predicted octanol–water partition coefficient (Wildman–Crippen LogP) is 5.27. The van der Waals surface area contributed by atoms with E-state index in [0.29, 0.717) is 24.0 Å². The number of fused-ring (bicyclic) bond motifs is 1. The zero-order valence-corrected chi connectivity index (χ0v) is 20.5. The van der Waals surface area contributed by atoms with Crippen LogP contribution in [-0.2, 0) is 16.3 Å². The van der Waals surface area contributed by atoms with Gasteiger partial charge in [0.25, 0.3) is 0 Å². The average Bonchev–Trinajstić information content (AvgIpc) is 3.00. The van der Waals surface area contributed by atoms with Crippen LogP contribution >= 0.6 is 22.6 Å². The summed E-state index contributed by atoms with van der Waals surface area (Å²) in [6, 6.07) is 8.19. The maximum atomic E-state index is 11.5. The van der Waals surface area contributed by atoms with E-state index in [4.69, 9.17) is 9.47 Å². The largest absolute Gasteiger partial charge is 0.437 e. The summed E-state index contributed by atoms with van der Waals surface area (Å²) in [6.45, 7) is 11.6. The van der Waals surface area contributed by atoms with Crippen molar-refractivity contribution in [2.24, 2.45) is 0 Å². The molecule has 9 heteroatoms. The summed E-state index contributed by atoms with van der Waals surface area (Å²) in [7, 11) is -1.11. The smallest absolute Gasteiger partial charge is 0.247 e. The number of hydrogen-bond acceptors (Lipinski definition) is 5. The number of amides is 1. The van der Waals surface area contributed by atoms with Crippen molar-refractivity contribution in [2.75, 3.05) is 11.9 Å². The second-order valence-corrected chi connectivity index (χ2v) is 14.8. The van der Waals surface area contributed by atoms with Gasteiger partial charge in [0, 0.05) is 32.6 Å². The second kappa shape index (κ2) is 9.71. The van der Waals surface area contributed by atoms with Crippen LogP contribution in [0.2, 0.25) is 25.7 Å². The molecule has 3 aromatic rings. The number of halogens is 1. The van der Waals surface area contributed by atoms with Crippen molar-refractivity contribution in [2.45, 2.75) is 32.4 Å². The Kier molecular flexibility index (Phi) is 7.26. The quantitative estimate of drug-likeness (QED) is 0.175. The zero-order valence-electron chi connectivity index (χ0n) is 17.3. The molecule has 0 unspecified atom stereocenters. The minimum Gasteiger partial charge on any atom is -0.437 e. The molecule has 3 rings (SSSR count). The topological polar surface area (TPSA) is 78.3 Å². The van der Waals surface area contributed by atoms with Crippen LogP contribution in [0.5, 0.6) is 11.6 Å². The Morgan fingerprint density at radius 2 is 2.17 bits per heavy atom. The summed E-state index contributed by atoms with van der Waals surface area (Å²) in [6.07, 6.45) is 4.79. The summed E-state index contributed by atoms with van der Waals surface area (Å²) < 4.78 is 14.6. The van der Waals surface area contributed by atoms with Gasteiger partial charge >= 0.3 is 0 Å². The van der Waals surface area contributed by atoms with Crippen LogP contribution in [0.3, 0.4) is 0 Å². The van der Waals surface area contributed by atoms with Crippen molar-refractivity contribution in [1.82, 2.24) is 14.5 Å². The van der Waals surface area contributed by atoms with Gasteiger partial charge in [0.2, 0.25) is 11.8 Å². The van der Waals surface area contributed by atoms with E-state index in [0.717, 1.165) is 27.4 Å². The Morgan fingerprint density at radius 3 is 2.90 bits per heavy atom. The van der Waals surface area contributed by atoms with Gasteiger partial charge in [-0.25, -0.2) is 9.97 Å². The highest BCUT2D eigenvalue weighted by Crippen LogP contribution is 2.26. The third kappa shape index (κ3) is 6.13. The van der Waals surface area contributed by atoms with E-state index in [1.807, 2.05) is 10.8 Å². The maximum Gasteiger partial charge on any atom is 0.247 e. The number of nitrogens with one attached hydrogen (secondary N) is 1. The molecule has 1 aromatic carbocycles. The molecule has 0 spiro atoms. The number of ether oxygens (including phenoxy) is 2. The first-order valence-corrected chi connectivity index (χ1v) is 14.3. The minimum absolute atomic E-state index is 0.281. The Hall–Kier alpha value is -2.24. The van der Waals surface area contributed by atoms with Crippen molar-refractivity contribution in [3.05, 3.63) is 52.9 Å². The maximum absolute atomic E-state index is 11.5. The van der Waals surface area contributed by atoms with E-state index in [1.165, 1.54) is 6.08 Å². The van der Waals surface area contributed by atoms with Crippen LogP contribution < -0.4 is 10.1 Å². The lowest BCUT2D eigenvalue weighted by molar-refractivity contribution is -0.111. The Labute approximate surface area is 190 Å². The number of carbonyl (C=O) groups excluding carboxylic acids is 1.